The lowest BCUT2D eigenvalue weighted by molar-refractivity contribution is 0.572. The summed E-state index contributed by atoms with van der Waals surface area (Å²) in [5.41, 5.74) is 2.46. The number of pyridine rings is 1. The van der Waals surface area contributed by atoms with E-state index in [2.05, 4.69) is 15.3 Å². The Morgan fingerprint density at radius 2 is 2.16 bits per heavy atom. The molecule has 0 atom stereocenters. The highest BCUT2D eigenvalue weighted by Crippen LogP contribution is 2.21. The van der Waals surface area contributed by atoms with E-state index in [9.17, 15) is 4.39 Å². The van der Waals surface area contributed by atoms with Crippen LogP contribution < -0.4 is 5.32 Å². The van der Waals surface area contributed by atoms with Gasteiger partial charge in [0.2, 0.25) is 0 Å². The van der Waals surface area contributed by atoms with E-state index in [1.54, 1.807) is 23.2 Å². The van der Waals surface area contributed by atoms with E-state index in [0.717, 1.165) is 11.4 Å². The molecule has 2 aromatic heterocycles. The Kier molecular flexibility index (Phi) is 3.06. The van der Waals surface area contributed by atoms with Gasteiger partial charge in [0.25, 0.3) is 0 Å². The van der Waals surface area contributed by atoms with E-state index in [1.807, 2.05) is 13.8 Å². The van der Waals surface area contributed by atoms with Crippen molar-refractivity contribution in [3.05, 3.63) is 41.4 Å². The zero-order chi connectivity index (χ0) is 13.4. The first-order chi connectivity index (χ1) is 9.16. The van der Waals surface area contributed by atoms with Crippen LogP contribution in [0.4, 0.5) is 4.39 Å². The predicted octanol–water partition coefficient (Wildman–Crippen LogP) is 2.28. The van der Waals surface area contributed by atoms with Gasteiger partial charge in [0.15, 0.2) is 11.6 Å². The summed E-state index contributed by atoms with van der Waals surface area (Å²) >= 11 is 0. The molecule has 4 nitrogen and oxygen atoms in total. The molecule has 3 rings (SSSR count). The fourth-order valence-corrected chi connectivity index (χ4v) is 2.03. The molecular formula is C14H17FN4. The van der Waals surface area contributed by atoms with E-state index in [-0.39, 0.29) is 5.82 Å². The Morgan fingerprint density at radius 1 is 1.37 bits per heavy atom. The lowest BCUT2D eigenvalue weighted by Gasteiger charge is -2.10. The van der Waals surface area contributed by atoms with Crippen LogP contribution in [0.3, 0.4) is 0 Å². The van der Waals surface area contributed by atoms with Gasteiger partial charge in [-0.2, -0.15) is 0 Å². The van der Waals surface area contributed by atoms with E-state index in [4.69, 9.17) is 0 Å². The van der Waals surface area contributed by atoms with Gasteiger partial charge in [-0.25, -0.2) is 14.4 Å². The number of nitrogens with one attached hydrogen (secondary N) is 1. The van der Waals surface area contributed by atoms with Gasteiger partial charge in [0.1, 0.15) is 6.33 Å². The van der Waals surface area contributed by atoms with Crippen LogP contribution in [0.25, 0.3) is 5.82 Å². The quantitative estimate of drug-likeness (QED) is 0.917. The number of nitrogens with zero attached hydrogens (tertiary/aromatic N) is 3. The van der Waals surface area contributed by atoms with Gasteiger partial charge in [-0.1, -0.05) is 0 Å². The average Bonchev–Trinajstić information content (AvgIpc) is 3.17. The topological polar surface area (TPSA) is 42.7 Å². The zero-order valence-corrected chi connectivity index (χ0v) is 11.2. The Balaban J connectivity index is 1.92. The number of aromatic nitrogens is 3. The van der Waals surface area contributed by atoms with Crippen LogP contribution in [0.15, 0.2) is 18.6 Å². The Hall–Kier alpha value is -1.75. The van der Waals surface area contributed by atoms with Gasteiger partial charge in [-0.15, -0.1) is 0 Å². The molecule has 0 unspecified atom stereocenters. The summed E-state index contributed by atoms with van der Waals surface area (Å²) in [4.78, 5) is 8.33. The first kappa shape index (κ1) is 12.3. The van der Waals surface area contributed by atoms with E-state index in [0.29, 0.717) is 24.0 Å². The molecule has 1 saturated carbocycles. The van der Waals surface area contributed by atoms with Crippen LogP contribution in [0, 0.1) is 19.7 Å². The lowest BCUT2D eigenvalue weighted by atomic mass is 10.2. The third-order valence-corrected chi connectivity index (χ3v) is 3.59. The molecule has 0 radical (unpaired) electrons. The number of imidazole rings is 1. The molecule has 5 heteroatoms. The van der Waals surface area contributed by atoms with E-state index in [1.165, 1.54) is 12.8 Å². The standard InChI is InChI=1S/C14H17FN4/c1-9-10(2)19(8-18-9)14-13(15)11(5-6-16-14)7-17-12-3-4-12/h5-6,8,12,17H,3-4,7H2,1-2H3. The molecule has 1 N–H and O–H groups in total. The van der Waals surface area contributed by atoms with Crippen molar-refractivity contribution in [3.63, 3.8) is 0 Å². The summed E-state index contributed by atoms with van der Waals surface area (Å²) < 4.78 is 16.2. The van der Waals surface area contributed by atoms with E-state index < -0.39 is 0 Å². The average molecular weight is 260 g/mol. The number of aryl methyl sites for hydroxylation is 1. The van der Waals surface area contributed by atoms with Gasteiger partial charge in [0.05, 0.1) is 5.69 Å². The third-order valence-electron chi connectivity index (χ3n) is 3.59. The van der Waals surface area contributed by atoms with Gasteiger partial charge in [-0.05, 0) is 32.8 Å². The molecule has 19 heavy (non-hydrogen) atoms. The SMILES string of the molecule is Cc1ncn(-c2nccc(CNC3CC3)c2F)c1C. The largest absolute Gasteiger partial charge is 0.310 e. The third kappa shape index (κ3) is 2.38. The Morgan fingerprint density at radius 3 is 2.79 bits per heavy atom. The van der Waals surface area contributed by atoms with Gasteiger partial charge >= 0.3 is 0 Å². The molecule has 0 amide bonds. The van der Waals surface area contributed by atoms with Crippen LogP contribution in [-0.2, 0) is 6.54 Å². The number of rotatable bonds is 4. The number of hydrogen-bond donors (Lipinski definition) is 1. The predicted molar refractivity (Wildman–Crippen MR) is 70.7 cm³/mol. The first-order valence-corrected chi connectivity index (χ1v) is 6.54. The second kappa shape index (κ2) is 4.74. The normalized spacial score (nSPS) is 14.9. The van der Waals surface area contributed by atoms with Crippen molar-refractivity contribution in [2.24, 2.45) is 0 Å². The second-order valence-corrected chi connectivity index (χ2v) is 5.05. The number of hydrogen-bond acceptors (Lipinski definition) is 3. The zero-order valence-electron chi connectivity index (χ0n) is 11.2. The molecule has 1 aliphatic carbocycles. The van der Waals surface area contributed by atoms with Crippen LogP contribution in [0.5, 0.6) is 0 Å². The van der Waals surface area contributed by atoms with Crippen LogP contribution >= 0.6 is 0 Å². The van der Waals surface area contributed by atoms with Crippen molar-refractivity contribution in [2.75, 3.05) is 0 Å². The molecule has 1 fully saturated rings. The molecule has 0 bridgehead atoms. The Labute approximate surface area is 111 Å². The molecule has 2 heterocycles. The smallest absolute Gasteiger partial charge is 0.174 e. The summed E-state index contributed by atoms with van der Waals surface area (Å²) in [6.07, 6.45) is 5.66. The van der Waals surface area contributed by atoms with Gasteiger partial charge in [0, 0.05) is 30.0 Å². The molecule has 0 saturated heterocycles. The van der Waals surface area contributed by atoms with Crippen molar-refractivity contribution in [1.82, 2.24) is 19.9 Å². The monoisotopic (exact) mass is 260 g/mol. The van der Waals surface area contributed by atoms with Crippen LogP contribution in [0.2, 0.25) is 0 Å². The molecule has 1 aliphatic rings. The summed E-state index contributed by atoms with van der Waals surface area (Å²) in [6.45, 7) is 4.37. The maximum Gasteiger partial charge on any atom is 0.174 e. The van der Waals surface area contributed by atoms with Crippen LogP contribution in [0.1, 0.15) is 29.8 Å². The summed E-state index contributed by atoms with van der Waals surface area (Å²) in [7, 11) is 0. The minimum Gasteiger partial charge on any atom is -0.310 e. The molecular weight excluding hydrogens is 243 g/mol. The Bertz CT molecular complexity index is 601. The number of halogens is 1. The minimum absolute atomic E-state index is 0.267. The van der Waals surface area contributed by atoms with Crippen molar-refractivity contribution in [2.45, 2.75) is 39.3 Å². The fraction of sp³-hybridized carbons (Fsp3) is 0.429. The summed E-state index contributed by atoms with van der Waals surface area (Å²) in [5.74, 6) is 0.0596. The van der Waals surface area contributed by atoms with Crippen molar-refractivity contribution in [3.8, 4) is 5.82 Å². The van der Waals surface area contributed by atoms with Crippen molar-refractivity contribution in [1.29, 1.82) is 0 Å². The van der Waals surface area contributed by atoms with E-state index >= 15 is 0 Å². The molecule has 0 aliphatic heterocycles. The highest BCUT2D eigenvalue weighted by Gasteiger charge is 2.21. The van der Waals surface area contributed by atoms with Gasteiger partial charge in [-0.3, -0.25) is 4.57 Å². The molecule has 2 aromatic rings. The highest BCUT2D eigenvalue weighted by molar-refractivity contribution is 5.33. The van der Waals surface area contributed by atoms with Crippen LogP contribution in [-0.4, -0.2) is 20.6 Å². The molecule has 0 spiro atoms. The fourth-order valence-electron chi connectivity index (χ4n) is 2.03. The minimum atomic E-state index is -0.267. The highest BCUT2D eigenvalue weighted by atomic mass is 19.1. The molecule has 0 aromatic carbocycles. The van der Waals surface area contributed by atoms with Crippen molar-refractivity contribution < 1.29 is 4.39 Å². The lowest BCUT2D eigenvalue weighted by Crippen LogP contribution is -2.17. The summed E-state index contributed by atoms with van der Waals surface area (Å²) in [6, 6.07) is 2.29. The molecule has 100 valence electrons. The maximum absolute atomic E-state index is 14.5. The van der Waals surface area contributed by atoms with Gasteiger partial charge < -0.3 is 5.32 Å². The summed E-state index contributed by atoms with van der Waals surface area (Å²) in [5, 5.41) is 3.32. The van der Waals surface area contributed by atoms with Crippen molar-refractivity contribution >= 4 is 0 Å². The second-order valence-electron chi connectivity index (χ2n) is 5.05. The maximum atomic E-state index is 14.5. The first-order valence-electron chi connectivity index (χ1n) is 6.54.